The van der Waals surface area contributed by atoms with Gasteiger partial charge >= 0.3 is 6.09 Å². The van der Waals surface area contributed by atoms with Crippen molar-refractivity contribution in [2.24, 2.45) is 0 Å². The fourth-order valence-corrected chi connectivity index (χ4v) is 3.72. The number of sulfonamides is 1. The van der Waals surface area contributed by atoms with E-state index in [1.165, 1.54) is 4.90 Å². The number of aryl methyl sites for hydroxylation is 2. The maximum Gasteiger partial charge on any atom is 0.409 e. The van der Waals surface area contributed by atoms with Crippen LogP contribution in [0.3, 0.4) is 0 Å². The van der Waals surface area contributed by atoms with E-state index in [0.29, 0.717) is 31.1 Å². The summed E-state index contributed by atoms with van der Waals surface area (Å²) in [6.07, 6.45) is -0.405. The molecule has 0 aromatic heterocycles. The quantitative estimate of drug-likeness (QED) is 0.810. The average Bonchev–Trinajstić information content (AvgIpc) is 2.88. The molecule has 23 heavy (non-hydrogen) atoms. The fraction of sp³-hybridized carbons (Fsp3) is 0.533. The highest BCUT2D eigenvalue weighted by Gasteiger charge is 2.23. The summed E-state index contributed by atoms with van der Waals surface area (Å²) in [5, 5.41) is 0. The zero-order valence-electron chi connectivity index (χ0n) is 13.6. The highest BCUT2D eigenvalue weighted by molar-refractivity contribution is 7.89. The van der Waals surface area contributed by atoms with Gasteiger partial charge in [0.05, 0.1) is 18.0 Å². The van der Waals surface area contributed by atoms with Crippen molar-refractivity contribution in [1.29, 1.82) is 0 Å². The Morgan fingerprint density at radius 1 is 1.30 bits per heavy atom. The molecule has 1 fully saturated rings. The van der Waals surface area contributed by atoms with Crippen LogP contribution in [0.1, 0.15) is 18.1 Å². The number of carbonyl (C=O) groups is 1. The van der Waals surface area contributed by atoms with Gasteiger partial charge in [-0.1, -0.05) is 0 Å². The summed E-state index contributed by atoms with van der Waals surface area (Å²) in [5.74, 6) is 0.684. The topological polar surface area (TPSA) is 84.9 Å². The van der Waals surface area contributed by atoms with Crippen LogP contribution < -0.4 is 9.46 Å². The Labute approximate surface area is 136 Å². The molecule has 0 aliphatic carbocycles. The third kappa shape index (κ3) is 4.14. The Bertz CT molecular complexity index is 687. The number of rotatable bonds is 7. The van der Waals surface area contributed by atoms with E-state index in [0.717, 1.165) is 5.56 Å². The summed E-state index contributed by atoms with van der Waals surface area (Å²) in [6.45, 7) is 7.21. The number of ether oxygens (including phenoxy) is 2. The molecular weight excluding hydrogens is 320 g/mol. The standard InChI is InChI=1S/C15H22N2O5S/c1-4-21-13-9-12(3)14(10-11(13)2)23(19,20)16-5-6-17-7-8-22-15(17)18/h9-10,16H,4-8H2,1-3H3. The Balaban J connectivity index is 2.07. The van der Waals surface area contributed by atoms with Gasteiger partial charge in [0, 0.05) is 13.1 Å². The van der Waals surface area contributed by atoms with Gasteiger partial charge in [-0.25, -0.2) is 17.9 Å². The molecule has 7 nitrogen and oxygen atoms in total. The zero-order chi connectivity index (χ0) is 17.0. The molecule has 1 heterocycles. The Morgan fingerprint density at radius 3 is 2.65 bits per heavy atom. The predicted molar refractivity (Wildman–Crippen MR) is 85.2 cm³/mol. The van der Waals surface area contributed by atoms with Crippen LogP contribution in [-0.4, -0.2) is 52.3 Å². The number of hydrogen-bond donors (Lipinski definition) is 1. The van der Waals surface area contributed by atoms with Crippen LogP contribution in [-0.2, 0) is 14.8 Å². The minimum atomic E-state index is -3.64. The van der Waals surface area contributed by atoms with Crippen LogP contribution >= 0.6 is 0 Å². The van der Waals surface area contributed by atoms with E-state index < -0.39 is 16.1 Å². The van der Waals surface area contributed by atoms with E-state index in [9.17, 15) is 13.2 Å². The van der Waals surface area contributed by atoms with Crippen molar-refractivity contribution >= 4 is 16.1 Å². The van der Waals surface area contributed by atoms with Gasteiger partial charge in [-0.2, -0.15) is 0 Å². The van der Waals surface area contributed by atoms with Gasteiger partial charge in [0.2, 0.25) is 10.0 Å². The molecule has 0 bridgehead atoms. The second-order valence-corrected chi connectivity index (χ2v) is 7.05. The molecule has 1 aromatic rings. The summed E-state index contributed by atoms with van der Waals surface area (Å²) >= 11 is 0. The lowest BCUT2D eigenvalue weighted by Crippen LogP contribution is -2.35. The third-order valence-electron chi connectivity index (χ3n) is 3.58. The number of amides is 1. The maximum absolute atomic E-state index is 12.4. The third-order valence-corrected chi connectivity index (χ3v) is 5.18. The summed E-state index contributed by atoms with van der Waals surface area (Å²) < 4.78 is 37.7. The molecule has 8 heteroatoms. The van der Waals surface area contributed by atoms with Crippen molar-refractivity contribution in [3.63, 3.8) is 0 Å². The SMILES string of the molecule is CCOc1cc(C)c(S(=O)(=O)NCCN2CCOC2=O)cc1C. The summed E-state index contributed by atoms with van der Waals surface area (Å²) in [5.41, 5.74) is 1.38. The van der Waals surface area contributed by atoms with Crippen LogP contribution in [0.15, 0.2) is 17.0 Å². The smallest absolute Gasteiger partial charge is 0.409 e. The van der Waals surface area contributed by atoms with E-state index in [4.69, 9.17) is 9.47 Å². The van der Waals surface area contributed by atoms with Crippen molar-refractivity contribution in [2.45, 2.75) is 25.7 Å². The molecule has 0 spiro atoms. The lowest BCUT2D eigenvalue weighted by atomic mass is 10.1. The molecule has 1 aliphatic heterocycles. The van der Waals surface area contributed by atoms with Crippen molar-refractivity contribution in [3.8, 4) is 5.75 Å². The number of cyclic esters (lactones) is 1. The maximum atomic E-state index is 12.4. The molecule has 128 valence electrons. The van der Waals surface area contributed by atoms with Gasteiger partial charge in [-0.15, -0.1) is 0 Å². The van der Waals surface area contributed by atoms with Crippen LogP contribution in [0.4, 0.5) is 4.79 Å². The molecular formula is C15H22N2O5S. The molecule has 1 aromatic carbocycles. The first-order valence-electron chi connectivity index (χ1n) is 7.50. The van der Waals surface area contributed by atoms with Gasteiger partial charge < -0.3 is 14.4 Å². The van der Waals surface area contributed by atoms with E-state index in [-0.39, 0.29) is 18.0 Å². The fourth-order valence-electron chi connectivity index (χ4n) is 2.39. The van der Waals surface area contributed by atoms with Crippen LogP contribution in [0.25, 0.3) is 0 Å². The van der Waals surface area contributed by atoms with E-state index in [1.807, 2.05) is 13.8 Å². The molecule has 0 saturated carbocycles. The van der Waals surface area contributed by atoms with Gasteiger partial charge in [0.15, 0.2) is 0 Å². The van der Waals surface area contributed by atoms with Crippen LogP contribution in [0.5, 0.6) is 5.75 Å². The van der Waals surface area contributed by atoms with E-state index >= 15 is 0 Å². The van der Waals surface area contributed by atoms with Crippen molar-refractivity contribution in [1.82, 2.24) is 9.62 Å². The predicted octanol–water partition coefficient (Wildman–Crippen LogP) is 1.43. The highest BCUT2D eigenvalue weighted by Crippen LogP contribution is 2.25. The molecule has 1 amide bonds. The Kier molecular flexibility index (Phi) is 5.48. The average molecular weight is 342 g/mol. The highest BCUT2D eigenvalue weighted by atomic mass is 32.2. The van der Waals surface area contributed by atoms with Gasteiger partial charge in [-0.05, 0) is 44.0 Å². The number of benzene rings is 1. The van der Waals surface area contributed by atoms with Gasteiger partial charge in [0.25, 0.3) is 0 Å². The first kappa shape index (κ1) is 17.6. The zero-order valence-corrected chi connectivity index (χ0v) is 14.4. The lowest BCUT2D eigenvalue weighted by Gasteiger charge is -2.15. The second kappa shape index (κ2) is 7.18. The molecule has 0 radical (unpaired) electrons. The van der Waals surface area contributed by atoms with Crippen molar-refractivity contribution < 1.29 is 22.7 Å². The molecule has 1 aliphatic rings. The largest absolute Gasteiger partial charge is 0.494 e. The Morgan fingerprint density at radius 2 is 2.04 bits per heavy atom. The van der Waals surface area contributed by atoms with Crippen molar-refractivity contribution in [2.75, 3.05) is 32.8 Å². The summed E-state index contributed by atoms with van der Waals surface area (Å²) in [7, 11) is -3.64. The normalized spacial score (nSPS) is 14.9. The molecule has 2 rings (SSSR count). The Hall–Kier alpha value is -1.80. The number of hydrogen-bond acceptors (Lipinski definition) is 5. The number of carbonyl (C=O) groups excluding carboxylic acids is 1. The molecule has 1 saturated heterocycles. The van der Waals surface area contributed by atoms with E-state index in [1.54, 1.807) is 19.1 Å². The van der Waals surface area contributed by atoms with Gasteiger partial charge in [0.1, 0.15) is 12.4 Å². The van der Waals surface area contributed by atoms with Crippen molar-refractivity contribution in [3.05, 3.63) is 23.3 Å². The number of nitrogens with zero attached hydrogens (tertiary/aromatic N) is 1. The second-order valence-electron chi connectivity index (χ2n) is 5.32. The first-order chi connectivity index (χ1) is 10.8. The summed E-state index contributed by atoms with van der Waals surface area (Å²) in [6, 6.07) is 3.33. The monoisotopic (exact) mass is 342 g/mol. The van der Waals surface area contributed by atoms with Crippen LogP contribution in [0.2, 0.25) is 0 Å². The molecule has 0 unspecified atom stereocenters. The van der Waals surface area contributed by atoms with Crippen LogP contribution in [0, 0.1) is 13.8 Å². The number of nitrogens with one attached hydrogen (secondary N) is 1. The molecule has 1 N–H and O–H groups in total. The lowest BCUT2D eigenvalue weighted by molar-refractivity contribution is 0.159. The molecule has 0 atom stereocenters. The minimum absolute atomic E-state index is 0.142. The summed E-state index contributed by atoms with van der Waals surface area (Å²) in [4.78, 5) is 13.0. The first-order valence-corrected chi connectivity index (χ1v) is 8.99. The van der Waals surface area contributed by atoms with E-state index in [2.05, 4.69) is 4.72 Å². The van der Waals surface area contributed by atoms with Gasteiger partial charge in [-0.3, -0.25) is 0 Å². The minimum Gasteiger partial charge on any atom is -0.494 e.